The zero-order valence-corrected chi connectivity index (χ0v) is 36.1. The van der Waals surface area contributed by atoms with Crippen molar-refractivity contribution in [3.63, 3.8) is 0 Å². The molecule has 4 heterocycles. The number of benzene rings is 1. The molecular formula is C44H67N9O3S. The molecular weight excluding hydrogens is 735 g/mol. The minimum absolute atomic E-state index is 0.0661. The van der Waals surface area contributed by atoms with E-state index in [1.165, 1.54) is 54.7 Å². The summed E-state index contributed by atoms with van der Waals surface area (Å²) in [6.07, 6.45) is 15.5. The van der Waals surface area contributed by atoms with Crippen molar-refractivity contribution in [3.05, 3.63) is 52.8 Å². The molecule has 2 amide bonds. The van der Waals surface area contributed by atoms with Crippen molar-refractivity contribution in [3.8, 4) is 0 Å². The number of nitrogens with zero attached hydrogens (tertiary/aromatic N) is 4. The quantitative estimate of drug-likeness (QED) is 0.163. The number of nitrogens with one attached hydrogen (secondary N) is 3. The maximum atomic E-state index is 13.0. The van der Waals surface area contributed by atoms with Gasteiger partial charge in [-0.2, -0.15) is 0 Å². The second-order valence-corrected chi connectivity index (χ2v) is 19.7. The van der Waals surface area contributed by atoms with E-state index in [0.29, 0.717) is 28.3 Å². The third-order valence-electron chi connectivity index (χ3n) is 13.6. The molecule has 0 unspecified atom stereocenters. The minimum atomic E-state index is -0.167. The Hall–Kier alpha value is -4.00. The van der Waals surface area contributed by atoms with Crippen LogP contribution in [0.2, 0.25) is 0 Å². The van der Waals surface area contributed by atoms with Gasteiger partial charge in [-0.25, -0.2) is 4.73 Å². The summed E-state index contributed by atoms with van der Waals surface area (Å²) in [5.74, 6) is 4.30. The summed E-state index contributed by atoms with van der Waals surface area (Å²) in [6, 6.07) is 8.20. The Morgan fingerprint density at radius 1 is 1.02 bits per heavy atom. The van der Waals surface area contributed by atoms with E-state index in [0.717, 1.165) is 56.9 Å². The van der Waals surface area contributed by atoms with E-state index in [1.807, 2.05) is 11.8 Å². The fourth-order valence-electron chi connectivity index (χ4n) is 10.7. The summed E-state index contributed by atoms with van der Waals surface area (Å²) in [5, 5.41) is 22.2. The van der Waals surface area contributed by atoms with E-state index in [9.17, 15) is 14.8 Å². The molecule has 57 heavy (non-hydrogen) atoms. The van der Waals surface area contributed by atoms with Gasteiger partial charge in [0.15, 0.2) is 16.8 Å². The summed E-state index contributed by atoms with van der Waals surface area (Å²) in [5.41, 5.74) is 14.8. The van der Waals surface area contributed by atoms with E-state index in [4.69, 9.17) is 11.5 Å². The number of fused-ring (bicyclic) bond motifs is 5. The van der Waals surface area contributed by atoms with Gasteiger partial charge < -0.3 is 37.5 Å². The number of thioether (sulfide) groups is 1. The molecule has 3 saturated carbocycles. The molecule has 0 spiro atoms. The van der Waals surface area contributed by atoms with Crippen LogP contribution >= 0.6 is 11.8 Å². The Labute approximate surface area is 344 Å². The van der Waals surface area contributed by atoms with Crippen molar-refractivity contribution in [2.45, 2.75) is 124 Å². The van der Waals surface area contributed by atoms with Crippen molar-refractivity contribution in [2.24, 2.45) is 39.5 Å². The van der Waals surface area contributed by atoms with Crippen molar-refractivity contribution in [2.75, 3.05) is 47.1 Å². The minimum Gasteiger partial charge on any atom is -0.754 e. The highest BCUT2D eigenvalue weighted by atomic mass is 32.2. The normalized spacial score (nSPS) is 30.4. The molecule has 13 heteroatoms. The Balaban J connectivity index is 0.000000156. The third-order valence-corrected chi connectivity index (χ3v) is 14.6. The molecule has 312 valence electrons. The number of carbonyl (C=O) groups is 2. The molecule has 1 aromatic heterocycles. The van der Waals surface area contributed by atoms with Crippen LogP contribution in [0.15, 0.2) is 41.4 Å². The highest BCUT2D eigenvalue weighted by molar-refractivity contribution is 8.14. The van der Waals surface area contributed by atoms with Crippen molar-refractivity contribution >= 4 is 52.0 Å². The van der Waals surface area contributed by atoms with Crippen molar-refractivity contribution in [1.29, 1.82) is 0 Å². The van der Waals surface area contributed by atoms with Gasteiger partial charge in [0.05, 0.1) is 6.07 Å². The summed E-state index contributed by atoms with van der Waals surface area (Å²) >= 11 is 1.81. The van der Waals surface area contributed by atoms with E-state index < -0.39 is 0 Å². The molecule has 2 aromatic rings. The van der Waals surface area contributed by atoms with Gasteiger partial charge in [0.25, 0.3) is 0 Å². The van der Waals surface area contributed by atoms with Gasteiger partial charge >= 0.3 is 5.95 Å². The maximum Gasteiger partial charge on any atom is 0.346 e. The zero-order valence-electron chi connectivity index (χ0n) is 35.3. The predicted molar refractivity (Wildman–Crippen MR) is 234 cm³/mol. The van der Waals surface area contributed by atoms with E-state index in [2.05, 4.69) is 104 Å². The standard InChI is InChI=1S/C23H36N2O2.C12H16N2S.C9H15N5O/c1-21(2,3)25-20(27)17-8-7-15-14-6-9-18-23(5,13-11-19(26)24-18)16(14)10-12-22(15,17)4;1-9-5-3-6-10(2)11(9)14-12-13-7-4-8-15-12;10-7-6-8(12-9(11)14(7)15)13-4-2-1-3-5-13/h11,13-18H,6-10,12H2,1-5H3,(H,24,26)(H,25,27);3,5-6H,4,7-8H2,1-2H3,(H,13,14);6H,1-5,10H2,(H2,11,12)/t14-,15-,16-,17+,18+,22-,23+;;/m0../s1. The first-order chi connectivity index (χ1) is 27.0. The second-order valence-electron chi connectivity index (χ2n) is 18.6. The number of nitrogen functional groups attached to an aromatic ring is 2. The molecule has 4 fully saturated rings. The van der Waals surface area contributed by atoms with Gasteiger partial charge in [-0.05, 0) is 139 Å². The molecule has 6 aliphatic rings. The highest BCUT2D eigenvalue weighted by Crippen LogP contribution is 2.65. The van der Waals surface area contributed by atoms with E-state index >= 15 is 0 Å². The SMILES string of the molecule is CC(C)(C)NC(=O)[C@H]1CC[C@H]2[C@@H]3CC[C@H]4NC(=O)C=C[C@]4(C)[C@H]3CC[C@]12C.Cc1cccc(C)c1NC1=NCCCS1.Nc1cc(N2CCCCC2)nc(N)[n+]1[O-]. The first-order valence-corrected chi connectivity index (χ1v) is 22.2. The Bertz CT molecular complexity index is 1800. The Morgan fingerprint density at radius 3 is 2.39 bits per heavy atom. The highest BCUT2D eigenvalue weighted by Gasteiger charge is 2.61. The number of hydrogen-bond acceptors (Lipinski definition) is 10. The van der Waals surface area contributed by atoms with Crippen molar-refractivity contribution in [1.82, 2.24) is 15.6 Å². The molecule has 8 rings (SSSR count). The van der Waals surface area contributed by atoms with Crippen LogP contribution in [0.5, 0.6) is 0 Å². The lowest BCUT2D eigenvalue weighted by atomic mass is 9.48. The van der Waals surface area contributed by atoms with Gasteiger partial charge in [-0.15, -0.1) is 0 Å². The number of amidine groups is 1. The fourth-order valence-corrected chi connectivity index (χ4v) is 11.5. The number of aromatic nitrogens is 2. The molecule has 7 N–H and O–H groups in total. The Kier molecular flexibility index (Phi) is 13.1. The number of aliphatic imine (C=N–C) groups is 1. The van der Waals surface area contributed by atoms with Crippen LogP contribution in [0.25, 0.3) is 0 Å². The second kappa shape index (κ2) is 17.5. The summed E-state index contributed by atoms with van der Waals surface area (Å²) in [6.45, 7) is 18.1. The van der Waals surface area contributed by atoms with Crippen molar-refractivity contribution < 1.29 is 14.3 Å². The number of carbonyl (C=O) groups excluding carboxylic acids is 2. The summed E-state index contributed by atoms with van der Waals surface area (Å²) < 4.78 is 0.438. The summed E-state index contributed by atoms with van der Waals surface area (Å²) in [7, 11) is 0. The monoisotopic (exact) mass is 802 g/mol. The van der Waals surface area contributed by atoms with Gasteiger partial charge in [-0.1, -0.05) is 54.9 Å². The Morgan fingerprint density at radius 2 is 1.74 bits per heavy atom. The number of aryl methyl sites for hydroxylation is 2. The lowest BCUT2D eigenvalue weighted by Crippen LogP contribution is -2.59. The van der Waals surface area contributed by atoms with Gasteiger partial charge in [-0.3, -0.25) is 14.6 Å². The number of para-hydroxylation sites is 1. The molecule has 0 radical (unpaired) electrons. The lowest BCUT2D eigenvalue weighted by Gasteiger charge is -2.58. The van der Waals surface area contributed by atoms with Gasteiger partial charge in [0, 0.05) is 54.0 Å². The maximum absolute atomic E-state index is 13.0. The zero-order chi connectivity index (χ0) is 41.1. The first kappa shape index (κ1) is 42.6. The number of hydrogen-bond donors (Lipinski definition) is 5. The third kappa shape index (κ3) is 9.50. The predicted octanol–water partition coefficient (Wildman–Crippen LogP) is 6.89. The average Bonchev–Trinajstić information content (AvgIpc) is 3.54. The number of rotatable bonds is 3. The molecule has 12 nitrogen and oxygen atoms in total. The van der Waals surface area contributed by atoms with E-state index in [-0.39, 0.29) is 51.9 Å². The topological polar surface area (TPSA) is 178 Å². The molecule has 1 aromatic carbocycles. The van der Waals surface area contributed by atoms with Gasteiger partial charge in [0.1, 0.15) is 0 Å². The number of anilines is 4. The van der Waals surface area contributed by atoms with Crippen LogP contribution in [0.3, 0.4) is 0 Å². The van der Waals surface area contributed by atoms with Crippen LogP contribution in [-0.2, 0) is 9.59 Å². The summed E-state index contributed by atoms with van der Waals surface area (Å²) in [4.78, 5) is 35.5. The van der Waals surface area contributed by atoms with Crippen LogP contribution in [0.1, 0.15) is 110 Å². The van der Waals surface area contributed by atoms with E-state index in [1.54, 1.807) is 12.1 Å². The van der Waals surface area contributed by atoms with Crippen LogP contribution in [0, 0.1) is 53.6 Å². The first-order valence-electron chi connectivity index (χ1n) is 21.2. The van der Waals surface area contributed by atoms with Gasteiger partial charge in [0.2, 0.25) is 11.8 Å². The number of nitrogens with two attached hydrogens (primary N) is 2. The van der Waals surface area contributed by atoms with Crippen LogP contribution in [0.4, 0.5) is 23.3 Å². The molecule has 1 saturated heterocycles. The largest absolute Gasteiger partial charge is 0.754 e. The molecule has 7 atom stereocenters. The van der Waals surface area contributed by atoms with Crippen LogP contribution in [-0.4, -0.2) is 58.9 Å². The average molecular weight is 802 g/mol. The fraction of sp³-hybridized carbons (Fsp3) is 0.659. The lowest BCUT2D eigenvalue weighted by molar-refractivity contribution is -0.576. The molecule has 0 bridgehead atoms. The smallest absolute Gasteiger partial charge is 0.346 e. The molecule has 3 aliphatic heterocycles. The van der Waals surface area contributed by atoms with Crippen LogP contribution < -0.4 is 37.0 Å². The number of amides is 2. The number of piperidine rings is 1. The molecule has 3 aliphatic carbocycles.